The van der Waals surface area contributed by atoms with Crippen molar-refractivity contribution in [1.29, 1.82) is 0 Å². The molecule has 1 heterocycles. The number of thiazole rings is 1. The van der Waals surface area contributed by atoms with Gasteiger partial charge in [-0.1, -0.05) is 11.3 Å². The summed E-state index contributed by atoms with van der Waals surface area (Å²) in [5, 5.41) is 0.891. The summed E-state index contributed by atoms with van der Waals surface area (Å²) >= 11 is 1.44. The van der Waals surface area contributed by atoms with Gasteiger partial charge in [0.2, 0.25) is 0 Å². The van der Waals surface area contributed by atoms with Crippen molar-refractivity contribution in [3.8, 4) is 0 Å². The van der Waals surface area contributed by atoms with Crippen molar-refractivity contribution in [2.45, 2.75) is 33.2 Å². The molecule has 4 heteroatoms. The number of rotatable bonds is 2. The predicted octanol–water partition coefficient (Wildman–Crippen LogP) is 2.58. The van der Waals surface area contributed by atoms with Gasteiger partial charge in [-0.15, -0.1) is 0 Å². The van der Waals surface area contributed by atoms with Crippen LogP contribution >= 0.6 is 11.3 Å². The van der Waals surface area contributed by atoms with Crippen molar-refractivity contribution in [2.75, 3.05) is 11.9 Å². The van der Waals surface area contributed by atoms with Gasteiger partial charge in [0.1, 0.15) is 0 Å². The van der Waals surface area contributed by atoms with Crippen LogP contribution in [-0.2, 0) is 0 Å². The minimum absolute atomic E-state index is 0.0336. The summed E-state index contributed by atoms with van der Waals surface area (Å²) < 4.78 is 0. The van der Waals surface area contributed by atoms with Gasteiger partial charge in [-0.3, -0.25) is 4.79 Å². The third-order valence-corrected chi connectivity index (χ3v) is 3.31. The van der Waals surface area contributed by atoms with Crippen molar-refractivity contribution in [2.24, 2.45) is 0 Å². The first-order valence-corrected chi connectivity index (χ1v) is 5.34. The zero-order chi connectivity index (χ0) is 10.9. The molecular formula is C10H16N2OS. The molecule has 0 radical (unpaired) electrons. The summed E-state index contributed by atoms with van der Waals surface area (Å²) in [6, 6.07) is 0. The Hall–Kier alpha value is -0.900. The predicted molar refractivity (Wildman–Crippen MR) is 60.3 cm³/mol. The Kier molecular flexibility index (Phi) is 2.95. The second-order valence-corrected chi connectivity index (χ2v) is 5.30. The van der Waals surface area contributed by atoms with Crippen LogP contribution in [0, 0.1) is 0 Å². The van der Waals surface area contributed by atoms with Crippen LogP contribution in [0.4, 0.5) is 5.13 Å². The Morgan fingerprint density at radius 1 is 1.50 bits per heavy atom. The van der Waals surface area contributed by atoms with Crippen molar-refractivity contribution in [3.05, 3.63) is 11.1 Å². The molecular weight excluding hydrogens is 196 g/mol. The molecule has 0 aliphatic heterocycles. The van der Waals surface area contributed by atoms with Crippen LogP contribution in [0.5, 0.6) is 0 Å². The SMILES string of the molecule is CC(=O)c1cnc(N(C)C(C)(C)C)s1. The fourth-order valence-electron chi connectivity index (χ4n) is 0.870. The highest BCUT2D eigenvalue weighted by Gasteiger charge is 2.20. The van der Waals surface area contributed by atoms with Crippen LogP contribution in [0.2, 0.25) is 0 Å². The normalized spacial score (nSPS) is 11.5. The minimum atomic E-state index is 0.0336. The molecule has 0 saturated heterocycles. The lowest BCUT2D eigenvalue weighted by Crippen LogP contribution is -2.37. The molecule has 0 N–H and O–H groups in total. The van der Waals surface area contributed by atoms with E-state index in [0.29, 0.717) is 0 Å². The molecule has 0 aliphatic rings. The molecule has 0 bridgehead atoms. The van der Waals surface area contributed by atoms with E-state index < -0.39 is 0 Å². The molecule has 0 saturated carbocycles. The van der Waals surface area contributed by atoms with E-state index in [0.717, 1.165) is 10.0 Å². The third kappa shape index (κ3) is 2.32. The number of Topliss-reactive ketones (excluding diaryl/α,β-unsaturated/α-hetero) is 1. The Labute approximate surface area is 88.8 Å². The number of hydrogen-bond donors (Lipinski definition) is 0. The van der Waals surface area contributed by atoms with E-state index in [1.54, 1.807) is 13.1 Å². The van der Waals surface area contributed by atoms with Crippen molar-refractivity contribution in [1.82, 2.24) is 4.98 Å². The molecule has 1 aromatic rings. The number of carbonyl (C=O) groups is 1. The number of hydrogen-bond acceptors (Lipinski definition) is 4. The van der Waals surface area contributed by atoms with Crippen molar-refractivity contribution in [3.63, 3.8) is 0 Å². The van der Waals surface area contributed by atoms with Gasteiger partial charge in [0.05, 0.1) is 11.1 Å². The summed E-state index contributed by atoms with van der Waals surface area (Å²) in [5.41, 5.74) is 0.0336. The standard InChI is InChI=1S/C10H16N2OS/c1-7(13)8-6-11-9(14-8)12(5)10(2,3)4/h6H,1-5H3. The number of ketones is 1. The van der Waals surface area contributed by atoms with Crippen LogP contribution in [0.1, 0.15) is 37.4 Å². The molecule has 0 fully saturated rings. The molecule has 1 aromatic heterocycles. The van der Waals surface area contributed by atoms with Crippen LogP contribution in [-0.4, -0.2) is 23.4 Å². The number of nitrogens with zero attached hydrogens (tertiary/aromatic N) is 2. The fourth-order valence-corrected chi connectivity index (χ4v) is 1.83. The van der Waals surface area contributed by atoms with E-state index >= 15 is 0 Å². The Morgan fingerprint density at radius 3 is 2.43 bits per heavy atom. The van der Waals surface area contributed by atoms with Gasteiger partial charge >= 0.3 is 0 Å². The highest BCUT2D eigenvalue weighted by Crippen LogP contribution is 2.26. The van der Waals surface area contributed by atoms with Crippen molar-refractivity contribution < 1.29 is 4.79 Å². The summed E-state index contributed by atoms with van der Waals surface area (Å²) in [6.07, 6.45) is 1.64. The van der Waals surface area contributed by atoms with E-state index in [1.807, 2.05) is 7.05 Å². The molecule has 0 amide bonds. The Bertz CT molecular complexity index is 338. The molecule has 1 rings (SSSR count). The lowest BCUT2D eigenvalue weighted by atomic mass is 10.1. The highest BCUT2D eigenvalue weighted by atomic mass is 32.1. The van der Waals surface area contributed by atoms with Gasteiger partial charge in [0.25, 0.3) is 0 Å². The second kappa shape index (κ2) is 3.69. The summed E-state index contributed by atoms with van der Waals surface area (Å²) in [4.78, 5) is 18.1. The van der Waals surface area contributed by atoms with E-state index in [4.69, 9.17) is 0 Å². The Balaban J connectivity index is 2.92. The summed E-state index contributed by atoms with van der Waals surface area (Å²) in [7, 11) is 1.99. The lowest BCUT2D eigenvalue weighted by molar-refractivity contribution is 0.102. The number of carbonyl (C=O) groups excluding carboxylic acids is 1. The van der Waals surface area contributed by atoms with Crippen LogP contribution in [0.25, 0.3) is 0 Å². The van der Waals surface area contributed by atoms with E-state index in [-0.39, 0.29) is 11.3 Å². The first kappa shape index (κ1) is 11.2. The van der Waals surface area contributed by atoms with Crippen LogP contribution in [0.3, 0.4) is 0 Å². The summed E-state index contributed by atoms with van der Waals surface area (Å²) in [5.74, 6) is 0.0797. The molecule has 0 aliphatic carbocycles. The van der Waals surface area contributed by atoms with Gasteiger partial charge in [0.15, 0.2) is 10.9 Å². The lowest BCUT2D eigenvalue weighted by Gasteiger charge is -2.31. The third-order valence-electron chi connectivity index (χ3n) is 2.13. The zero-order valence-electron chi connectivity index (χ0n) is 9.29. The molecule has 3 nitrogen and oxygen atoms in total. The average molecular weight is 212 g/mol. The van der Waals surface area contributed by atoms with Gasteiger partial charge in [-0.25, -0.2) is 4.98 Å². The highest BCUT2D eigenvalue weighted by molar-refractivity contribution is 7.17. The molecule has 0 unspecified atom stereocenters. The van der Waals surface area contributed by atoms with Gasteiger partial charge in [-0.2, -0.15) is 0 Å². The smallest absolute Gasteiger partial charge is 0.186 e. The van der Waals surface area contributed by atoms with E-state index in [1.165, 1.54) is 11.3 Å². The largest absolute Gasteiger partial charge is 0.346 e. The van der Waals surface area contributed by atoms with Gasteiger partial charge in [-0.05, 0) is 20.8 Å². The summed E-state index contributed by atoms with van der Waals surface area (Å²) in [6.45, 7) is 7.90. The molecule has 78 valence electrons. The first-order chi connectivity index (χ1) is 6.32. The molecule has 14 heavy (non-hydrogen) atoms. The topological polar surface area (TPSA) is 33.2 Å². The molecule has 0 aromatic carbocycles. The minimum Gasteiger partial charge on any atom is -0.346 e. The van der Waals surface area contributed by atoms with Gasteiger partial charge < -0.3 is 4.90 Å². The number of aromatic nitrogens is 1. The van der Waals surface area contributed by atoms with Crippen LogP contribution < -0.4 is 4.90 Å². The quantitative estimate of drug-likeness (QED) is 0.706. The maximum Gasteiger partial charge on any atom is 0.186 e. The number of anilines is 1. The monoisotopic (exact) mass is 212 g/mol. The maximum atomic E-state index is 11.1. The second-order valence-electron chi connectivity index (χ2n) is 4.29. The van der Waals surface area contributed by atoms with Gasteiger partial charge in [0, 0.05) is 19.5 Å². The van der Waals surface area contributed by atoms with E-state index in [2.05, 4.69) is 30.7 Å². The van der Waals surface area contributed by atoms with Crippen molar-refractivity contribution >= 4 is 22.3 Å². The zero-order valence-corrected chi connectivity index (χ0v) is 10.1. The maximum absolute atomic E-state index is 11.1. The van der Waals surface area contributed by atoms with E-state index in [9.17, 15) is 4.79 Å². The first-order valence-electron chi connectivity index (χ1n) is 4.53. The molecule has 0 spiro atoms. The molecule has 0 atom stereocenters. The fraction of sp³-hybridized carbons (Fsp3) is 0.600. The average Bonchev–Trinajstić information content (AvgIpc) is 2.48. The Morgan fingerprint density at radius 2 is 2.07 bits per heavy atom. The van der Waals surface area contributed by atoms with Crippen LogP contribution in [0.15, 0.2) is 6.20 Å².